The predicted octanol–water partition coefficient (Wildman–Crippen LogP) is 5.16. The third kappa shape index (κ3) is 11.7. The molecule has 0 saturated carbocycles. The molecule has 0 heterocycles. The Morgan fingerprint density at radius 3 is 2.36 bits per heavy atom. The molecule has 0 aliphatic carbocycles. The molecule has 0 N–H and O–H groups in total. The molecule has 0 radical (unpaired) electrons. The van der Waals surface area contributed by atoms with Crippen LogP contribution in [-0.4, -0.2) is 25.5 Å². The number of carbonyl (C=O) groups excluding carboxylic acids is 2. The summed E-state index contributed by atoms with van der Waals surface area (Å²) in [5, 5.41) is 0. The van der Waals surface area contributed by atoms with Crippen molar-refractivity contribution in [3.05, 3.63) is 78.4 Å². The molecule has 1 aromatic carbocycles. The fraction of sp³-hybridized carbons (Fsp3) is 0.333. The largest absolute Gasteiger partial charge is 0.493 e. The van der Waals surface area contributed by atoms with Crippen molar-refractivity contribution in [2.45, 2.75) is 39.0 Å². The fourth-order valence-corrected chi connectivity index (χ4v) is 2.24. The van der Waals surface area contributed by atoms with Crippen LogP contribution in [0.15, 0.2) is 72.9 Å². The summed E-state index contributed by atoms with van der Waals surface area (Å²) >= 11 is 0. The molecule has 1 rings (SSSR count). The minimum Gasteiger partial charge on any atom is -0.493 e. The third-order valence-corrected chi connectivity index (χ3v) is 3.77. The van der Waals surface area contributed by atoms with Crippen LogP contribution in [0, 0.1) is 0 Å². The molecule has 0 fully saturated rings. The van der Waals surface area contributed by atoms with Gasteiger partial charge in [-0.2, -0.15) is 0 Å². The van der Waals surface area contributed by atoms with E-state index >= 15 is 0 Å². The van der Waals surface area contributed by atoms with Gasteiger partial charge in [0.25, 0.3) is 0 Å². The fourth-order valence-electron chi connectivity index (χ4n) is 2.24. The maximum Gasteiger partial charge on any atom is 0.309 e. The summed E-state index contributed by atoms with van der Waals surface area (Å²) in [6.45, 7) is 2.44. The van der Waals surface area contributed by atoms with Crippen LogP contribution in [0.5, 0.6) is 5.75 Å². The summed E-state index contributed by atoms with van der Waals surface area (Å²) in [4.78, 5) is 23.0. The normalized spacial score (nSPS) is 11.8. The summed E-state index contributed by atoms with van der Waals surface area (Å²) in [5.74, 6) is 0.407. The molecule has 0 unspecified atom stereocenters. The number of hydrogen-bond acceptors (Lipinski definition) is 4. The summed E-state index contributed by atoms with van der Waals surface area (Å²) < 4.78 is 10.2. The molecule has 0 aromatic heterocycles. The Morgan fingerprint density at radius 2 is 1.64 bits per heavy atom. The van der Waals surface area contributed by atoms with Crippen LogP contribution in [0.1, 0.15) is 38.2 Å². The number of methoxy groups -OCH3 is 1. The number of carbonyl (C=O) groups is 2. The quantitative estimate of drug-likeness (QED) is 0.156. The highest BCUT2D eigenvalue weighted by molar-refractivity contribution is 5.89. The van der Waals surface area contributed by atoms with Crippen molar-refractivity contribution >= 4 is 11.8 Å². The summed E-state index contributed by atoms with van der Waals surface area (Å²) in [6, 6.07) is 7.19. The van der Waals surface area contributed by atoms with Gasteiger partial charge < -0.3 is 9.47 Å². The maximum atomic E-state index is 11.8. The molecule has 0 aliphatic rings. The SMILES string of the molecule is CC/C=C\CC/C=C/C=C\C=C\C(=O)CCOc1ccc(CC(=O)OC)cc1. The number of rotatable bonds is 13. The van der Waals surface area contributed by atoms with Crippen molar-refractivity contribution in [1.29, 1.82) is 0 Å². The van der Waals surface area contributed by atoms with Crippen LogP contribution < -0.4 is 4.74 Å². The molecule has 0 atom stereocenters. The van der Waals surface area contributed by atoms with Crippen LogP contribution in [0.2, 0.25) is 0 Å². The lowest BCUT2D eigenvalue weighted by Gasteiger charge is -2.06. The first-order valence-electron chi connectivity index (χ1n) is 9.62. The van der Waals surface area contributed by atoms with E-state index in [0.29, 0.717) is 18.8 Å². The van der Waals surface area contributed by atoms with E-state index in [1.165, 1.54) is 7.11 Å². The van der Waals surface area contributed by atoms with Gasteiger partial charge in [-0.1, -0.05) is 61.6 Å². The number of unbranched alkanes of at least 4 members (excludes halogenated alkanes) is 1. The van der Waals surface area contributed by atoms with Gasteiger partial charge >= 0.3 is 5.97 Å². The monoisotopic (exact) mass is 382 g/mol. The second kappa shape index (κ2) is 15.2. The minimum absolute atomic E-state index is 0.0145. The molecular weight excluding hydrogens is 352 g/mol. The molecule has 4 heteroatoms. The van der Waals surface area contributed by atoms with Gasteiger partial charge in [-0.05, 0) is 43.0 Å². The van der Waals surface area contributed by atoms with Gasteiger partial charge in [0, 0.05) is 6.42 Å². The van der Waals surface area contributed by atoms with E-state index in [-0.39, 0.29) is 18.2 Å². The summed E-state index contributed by atoms with van der Waals surface area (Å²) in [6.07, 6.45) is 19.2. The van der Waals surface area contributed by atoms with Crippen LogP contribution in [0.3, 0.4) is 0 Å². The summed E-state index contributed by atoms with van der Waals surface area (Å²) in [5.41, 5.74) is 0.858. The maximum absolute atomic E-state index is 11.8. The summed E-state index contributed by atoms with van der Waals surface area (Å²) in [7, 11) is 1.37. The number of allylic oxidation sites excluding steroid dienone is 8. The van der Waals surface area contributed by atoms with E-state index in [1.807, 2.05) is 30.4 Å². The molecule has 4 nitrogen and oxygen atoms in total. The van der Waals surface area contributed by atoms with Crippen LogP contribution in [-0.2, 0) is 20.7 Å². The molecule has 0 aliphatic heterocycles. The minimum atomic E-state index is -0.278. The zero-order valence-corrected chi connectivity index (χ0v) is 16.8. The molecule has 1 aromatic rings. The van der Waals surface area contributed by atoms with Gasteiger partial charge in [-0.3, -0.25) is 9.59 Å². The first-order chi connectivity index (χ1) is 13.7. The number of ketones is 1. The van der Waals surface area contributed by atoms with Crippen LogP contribution in [0.25, 0.3) is 0 Å². The second-order valence-electron chi connectivity index (χ2n) is 6.09. The van der Waals surface area contributed by atoms with E-state index in [2.05, 4.69) is 29.9 Å². The number of ether oxygens (including phenoxy) is 2. The zero-order chi connectivity index (χ0) is 20.5. The van der Waals surface area contributed by atoms with Gasteiger partial charge in [-0.15, -0.1) is 0 Å². The molecule has 0 amide bonds. The van der Waals surface area contributed by atoms with Crippen LogP contribution >= 0.6 is 0 Å². The molecule has 0 saturated heterocycles. The van der Waals surface area contributed by atoms with Crippen molar-refractivity contribution in [2.75, 3.05) is 13.7 Å². The third-order valence-electron chi connectivity index (χ3n) is 3.77. The Labute approximate surface area is 168 Å². The Balaban J connectivity index is 2.21. The molecule has 0 spiro atoms. The van der Waals surface area contributed by atoms with E-state index < -0.39 is 0 Å². The molecule has 150 valence electrons. The van der Waals surface area contributed by atoms with Gasteiger partial charge in [0.2, 0.25) is 0 Å². The van der Waals surface area contributed by atoms with E-state index in [1.54, 1.807) is 24.3 Å². The standard InChI is InChI=1S/C24H30O4/c1-3-4-5-6-7-8-9-10-11-12-13-22(25)18-19-28-23-16-14-21(15-17-23)20-24(26)27-2/h4-5,8-17H,3,6-7,18-20H2,1-2H3/b5-4-,9-8+,11-10-,13-12+. The molecular formula is C24H30O4. The number of esters is 1. The first kappa shape index (κ1) is 23.2. The van der Waals surface area contributed by atoms with Crippen molar-refractivity contribution in [2.24, 2.45) is 0 Å². The topological polar surface area (TPSA) is 52.6 Å². The van der Waals surface area contributed by atoms with Crippen molar-refractivity contribution in [3.63, 3.8) is 0 Å². The van der Waals surface area contributed by atoms with E-state index in [4.69, 9.17) is 4.74 Å². The average Bonchev–Trinajstić information content (AvgIpc) is 2.70. The number of benzene rings is 1. The van der Waals surface area contributed by atoms with Crippen molar-refractivity contribution in [1.82, 2.24) is 0 Å². The van der Waals surface area contributed by atoms with Crippen LogP contribution in [0.4, 0.5) is 0 Å². The zero-order valence-electron chi connectivity index (χ0n) is 16.8. The highest BCUT2D eigenvalue weighted by Gasteiger charge is 2.03. The smallest absolute Gasteiger partial charge is 0.309 e. The lowest BCUT2D eigenvalue weighted by atomic mass is 10.1. The molecule has 28 heavy (non-hydrogen) atoms. The van der Waals surface area contributed by atoms with Crippen molar-refractivity contribution in [3.8, 4) is 5.75 Å². The molecule has 0 bridgehead atoms. The lowest BCUT2D eigenvalue weighted by Crippen LogP contribution is -2.05. The lowest BCUT2D eigenvalue weighted by molar-refractivity contribution is -0.139. The van der Waals surface area contributed by atoms with E-state index in [0.717, 1.165) is 24.8 Å². The predicted molar refractivity (Wildman–Crippen MR) is 113 cm³/mol. The van der Waals surface area contributed by atoms with Crippen molar-refractivity contribution < 1.29 is 19.1 Å². The Kier molecular flexibility index (Phi) is 12.6. The number of hydrogen-bond donors (Lipinski definition) is 0. The van der Waals surface area contributed by atoms with E-state index in [9.17, 15) is 9.59 Å². The van der Waals surface area contributed by atoms with Gasteiger partial charge in [0.1, 0.15) is 5.75 Å². The second-order valence-corrected chi connectivity index (χ2v) is 6.09. The first-order valence-corrected chi connectivity index (χ1v) is 9.62. The van der Waals surface area contributed by atoms with Gasteiger partial charge in [-0.25, -0.2) is 0 Å². The van der Waals surface area contributed by atoms with Gasteiger partial charge in [0.15, 0.2) is 5.78 Å². The highest BCUT2D eigenvalue weighted by Crippen LogP contribution is 2.13. The van der Waals surface area contributed by atoms with Gasteiger partial charge in [0.05, 0.1) is 20.1 Å². The highest BCUT2D eigenvalue weighted by atomic mass is 16.5. The Hall–Kier alpha value is -2.88. The Morgan fingerprint density at radius 1 is 0.929 bits per heavy atom. The average molecular weight is 383 g/mol. The Bertz CT molecular complexity index is 694.